The highest BCUT2D eigenvalue weighted by Crippen LogP contribution is 2.37. The number of nitrogens with zero attached hydrogens (tertiary/aromatic N) is 1. The highest BCUT2D eigenvalue weighted by Gasteiger charge is 2.14. The molecule has 0 saturated carbocycles. The number of nitrogens with one attached hydrogen (secondary N) is 1. The Hall–Kier alpha value is -3.54. The molecule has 0 atom stereocenters. The number of ether oxygens (including phenoxy) is 3. The van der Waals surface area contributed by atoms with Crippen molar-refractivity contribution in [2.45, 2.75) is 13.5 Å². The molecule has 0 unspecified atom stereocenters. The Balaban J connectivity index is 1.69. The van der Waals surface area contributed by atoms with Crippen LogP contribution in [-0.2, 0) is 11.4 Å². The fraction of sp³-hybridized carbons (Fsp3) is 0.143. The molecule has 0 spiro atoms. The number of amides is 1. The van der Waals surface area contributed by atoms with Crippen molar-refractivity contribution in [3.05, 3.63) is 99.0 Å². The predicted octanol–water partition coefficient (Wildman–Crippen LogP) is 7.30. The molecule has 3 aromatic carbocycles. The normalized spacial score (nSPS) is 10.8. The molecule has 8 heteroatoms. The van der Waals surface area contributed by atoms with E-state index in [1.54, 1.807) is 42.5 Å². The van der Waals surface area contributed by atoms with Crippen LogP contribution in [0.1, 0.15) is 18.1 Å². The molecule has 6 nitrogen and oxygen atoms in total. The minimum atomic E-state index is -0.526. The van der Waals surface area contributed by atoms with Gasteiger partial charge in [0.15, 0.2) is 11.5 Å². The van der Waals surface area contributed by atoms with Crippen molar-refractivity contribution >= 4 is 49.5 Å². The zero-order valence-corrected chi connectivity index (χ0v) is 22.8. The zero-order chi connectivity index (χ0) is 25.9. The summed E-state index contributed by atoms with van der Waals surface area (Å²) in [5, 5.41) is 12.4. The summed E-state index contributed by atoms with van der Waals surface area (Å²) in [6.45, 7) is 6.68. The van der Waals surface area contributed by atoms with Crippen LogP contribution in [0.5, 0.6) is 17.2 Å². The van der Waals surface area contributed by atoms with Crippen LogP contribution in [0.15, 0.2) is 87.8 Å². The van der Waals surface area contributed by atoms with Crippen LogP contribution in [0, 0.1) is 11.3 Å². The molecule has 0 aliphatic heterocycles. The van der Waals surface area contributed by atoms with E-state index in [1.165, 1.54) is 6.08 Å². The number of nitriles is 1. The molecule has 1 N–H and O–H groups in total. The Kier molecular flexibility index (Phi) is 10.2. The minimum absolute atomic E-state index is 0.0559. The summed E-state index contributed by atoms with van der Waals surface area (Å²) in [7, 11) is 0. The number of carbonyl (C=O) groups is 1. The number of anilines is 1. The van der Waals surface area contributed by atoms with E-state index in [-0.39, 0.29) is 5.57 Å². The molecule has 0 heterocycles. The monoisotopic (exact) mass is 610 g/mol. The minimum Gasteiger partial charge on any atom is -0.490 e. The lowest BCUT2D eigenvalue weighted by Gasteiger charge is -2.14. The number of benzene rings is 3. The van der Waals surface area contributed by atoms with E-state index >= 15 is 0 Å². The number of halogens is 2. The van der Waals surface area contributed by atoms with Gasteiger partial charge in [-0.3, -0.25) is 4.79 Å². The van der Waals surface area contributed by atoms with Crippen LogP contribution in [0.3, 0.4) is 0 Å². The summed E-state index contributed by atoms with van der Waals surface area (Å²) < 4.78 is 18.8. The Bertz CT molecular complexity index is 1280. The Labute approximate surface area is 227 Å². The maximum absolute atomic E-state index is 12.8. The van der Waals surface area contributed by atoms with Crippen molar-refractivity contribution in [3.8, 4) is 23.3 Å². The molecular weight excluding hydrogens is 588 g/mol. The van der Waals surface area contributed by atoms with E-state index in [1.807, 2.05) is 37.3 Å². The van der Waals surface area contributed by atoms with Gasteiger partial charge in [-0.25, -0.2) is 0 Å². The summed E-state index contributed by atoms with van der Waals surface area (Å²) in [6, 6.07) is 20.3. The van der Waals surface area contributed by atoms with Crippen LogP contribution in [0.25, 0.3) is 6.08 Å². The van der Waals surface area contributed by atoms with Gasteiger partial charge in [0.2, 0.25) is 0 Å². The third-order valence-corrected chi connectivity index (χ3v) is 5.90. The molecular formula is C28H24Br2N2O4. The predicted molar refractivity (Wildman–Crippen MR) is 148 cm³/mol. The zero-order valence-electron chi connectivity index (χ0n) is 19.6. The van der Waals surface area contributed by atoms with Crippen LogP contribution >= 0.6 is 31.9 Å². The van der Waals surface area contributed by atoms with Crippen molar-refractivity contribution in [2.24, 2.45) is 0 Å². The first kappa shape index (κ1) is 27.1. The van der Waals surface area contributed by atoms with E-state index < -0.39 is 5.91 Å². The third kappa shape index (κ3) is 7.74. The lowest BCUT2D eigenvalue weighted by Crippen LogP contribution is -2.13. The van der Waals surface area contributed by atoms with E-state index in [0.717, 1.165) is 10.0 Å². The van der Waals surface area contributed by atoms with E-state index in [0.29, 0.717) is 52.8 Å². The molecule has 36 heavy (non-hydrogen) atoms. The fourth-order valence-corrected chi connectivity index (χ4v) is 3.95. The Morgan fingerprint density at radius 1 is 1.06 bits per heavy atom. The molecule has 0 aliphatic carbocycles. The van der Waals surface area contributed by atoms with Gasteiger partial charge in [-0.2, -0.15) is 5.26 Å². The second-order valence-corrected chi connectivity index (χ2v) is 9.20. The summed E-state index contributed by atoms with van der Waals surface area (Å²) >= 11 is 6.88. The van der Waals surface area contributed by atoms with Gasteiger partial charge >= 0.3 is 0 Å². The van der Waals surface area contributed by atoms with Crippen LogP contribution in [0.4, 0.5) is 5.69 Å². The quantitative estimate of drug-likeness (QED) is 0.140. The molecule has 0 bridgehead atoms. The molecule has 3 rings (SSSR count). The molecule has 0 aliphatic rings. The van der Waals surface area contributed by atoms with E-state index in [2.05, 4.69) is 43.8 Å². The number of hydrogen-bond donors (Lipinski definition) is 1. The highest BCUT2D eigenvalue weighted by atomic mass is 79.9. The Morgan fingerprint density at radius 3 is 2.42 bits per heavy atom. The number of rotatable bonds is 11. The summed E-state index contributed by atoms with van der Waals surface area (Å²) in [5.41, 5.74) is 2.14. The lowest BCUT2D eigenvalue weighted by atomic mass is 10.1. The number of hydrogen-bond acceptors (Lipinski definition) is 5. The maximum Gasteiger partial charge on any atom is 0.266 e. The van der Waals surface area contributed by atoms with Gasteiger partial charge in [0.05, 0.1) is 11.1 Å². The molecule has 0 fully saturated rings. The average molecular weight is 612 g/mol. The molecule has 0 saturated heterocycles. The van der Waals surface area contributed by atoms with Crippen molar-refractivity contribution in [3.63, 3.8) is 0 Å². The van der Waals surface area contributed by atoms with Crippen LogP contribution in [-0.4, -0.2) is 19.1 Å². The van der Waals surface area contributed by atoms with Gasteiger partial charge in [-0.1, -0.05) is 40.7 Å². The average Bonchev–Trinajstić information content (AvgIpc) is 2.87. The number of carbonyl (C=O) groups excluding carboxylic acids is 1. The SMILES string of the molecule is C=CCOc1c(Br)cc(/C=C(\C#N)C(=O)Nc2ccc(OCc3ccc(Br)cc3)cc2)cc1OCC. The fourth-order valence-electron chi connectivity index (χ4n) is 3.11. The standard InChI is InChI=1S/C28H24Br2N2O4/c1-3-13-35-27-25(30)15-20(16-26(27)34-4-2)14-21(17-31)28(33)32-23-9-11-24(12-10-23)36-18-19-5-7-22(29)8-6-19/h3,5-12,14-16H,1,4,13,18H2,2H3,(H,32,33)/b21-14+. The van der Waals surface area contributed by atoms with Crippen molar-refractivity contribution < 1.29 is 19.0 Å². The van der Waals surface area contributed by atoms with Gasteiger partial charge in [-0.05, 0) is 88.6 Å². The van der Waals surface area contributed by atoms with E-state index in [4.69, 9.17) is 14.2 Å². The summed E-state index contributed by atoms with van der Waals surface area (Å²) in [6.07, 6.45) is 3.13. The molecule has 1 amide bonds. The lowest BCUT2D eigenvalue weighted by molar-refractivity contribution is -0.112. The largest absolute Gasteiger partial charge is 0.490 e. The second kappa shape index (κ2) is 13.5. The first-order valence-corrected chi connectivity index (χ1v) is 12.6. The van der Waals surface area contributed by atoms with Gasteiger partial charge in [0.25, 0.3) is 5.91 Å². The van der Waals surface area contributed by atoms with Crippen LogP contribution < -0.4 is 19.5 Å². The molecule has 0 radical (unpaired) electrons. The first-order valence-electron chi connectivity index (χ1n) is 11.0. The smallest absolute Gasteiger partial charge is 0.266 e. The van der Waals surface area contributed by atoms with Crippen molar-refractivity contribution in [2.75, 3.05) is 18.5 Å². The van der Waals surface area contributed by atoms with E-state index in [9.17, 15) is 10.1 Å². The van der Waals surface area contributed by atoms with Crippen molar-refractivity contribution in [1.29, 1.82) is 5.26 Å². The molecule has 184 valence electrons. The second-order valence-electron chi connectivity index (χ2n) is 7.43. The summed E-state index contributed by atoms with van der Waals surface area (Å²) in [5.74, 6) is 1.16. The topological polar surface area (TPSA) is 80.6 Å². The highest BCUT2D eigenvalue weighted by molar-refractivity contribution is 9.10. The molecule has 3 aromatic rings. The van der Waals surface area contributed by atoms with Gasteiger partial charge in [0.1, 0.15) is 30.6 Å². The van der Waals surface area contributed by atoms with Gasteiger partial charge in [-0.15, -0.1) is 0 Å². The molecule has 0 aromatic heterocycles. The van der Waals surface area contributed by atoms with Crippen LogP contribution in [0.2, 0.25) is 0 Å². The van der Waals surface area contributed by atoms with Gasteiger partial charge < -0.3 is 19.5 Å². The summed E-state index contributed by atoms with van der Waals surface area (Å²) in [4.78, 5) is 12.8. The van der Waals surface area contributed by atoms with Crippen molar-refractivity contribution in [1.82, 2.24) is 0 Å². The third-order valence-electron chi connectivity index (χ3n) is 4.78. The Morgan fingerprint density at radius 2 is 1.78 bits per heavy atom. The van der Waals surface area contributed by atoms with Gasteiger partial charge in [0, 0.05) is 10.2 Å². The first-order chi connectivity index (χ1) is 17.4. The maximum atomic E-state index is 12.8.